The van der Waals surface area contributed by atoms with Crippen LogP contribution in [-0.4, -0.2) is 11.5 Å². The number of anilines is 1. The molecule has 0 heterocycles. The molecule has 6 heteroatoms. The second-order valence-corrected chi connectivity index (χ2v) is 4.09. The Bertz CT molecular complexity index is 479. The lowest BCUT2D eigenvalue weighted by Gasteiger charge is -2.05. The van der Waals surface area contributed by atoms with Gasteiger partial charge in [0.2, 0.25) is 0 Å². The van der Waals surface area contributed by atoms with Gasteiger partial charge in [0.25, 0.3) is 5.69 Å². The normalized spacial score (nSPS) is 9.25. The van der Waals surface area contributed by atoms with Crippen LogP contribution in [0.3, 0.4) is 0 Å². The first kappa shape index (κ1) is 12.2. The molecule has 82 valence electrons. The average Bonchev–Trinajstić information content (AvgIpc) is 2.25. The molecule has 0 radical (unpaired) electrons. The van der Waals surface area contributed by atoms with Crippen molar-refractivity contribution >= 4 is 27.3 Å². The van der Waals surface area contributed by atoms with Crippen molar-refractivity contribution in [3.8, 4) is 6.07 Å². The number of hydrogen-bond acceptors (Lipinski definition) is 4. The maximum Gasteiger partial charge on any atom is 0.287 e. The highest BCUT2D eigenvalue weighted by Gasteiger charge is 2.13. The fourth-order valence-corrected chi connectivity index (χ4v) is 1.23. The van der Waals surface area contributed by atoms with Gasteiger partial charge >= 0.3 is 0 Å². The van der Waals surface area contributed by atoms with E-state index in [4.69, 9.17) is 5.26 Å². The smallest absolute Gasteiger partial charge is 0.287 e. The number of nitrogens with one attached hydrogen (secondary N) is 1. The van der Waals surface area contributed by atoms with Crippen LogP contribution in [0, 0.1) is 21.4 Å². The zero-order valence-electron chi connectivity index (χ0n) is 8.24. The third kappa shape index (κ3) is 3.07. The van der Waals surface area contributed by atoms with Gasteiger partial charge in [-0.3, -0.25) is 10.1 Å². The van der Waals surface area contributed by atoms with E-state index in [2.05, 4.69) is 27.8 Å². The second-order valence-electron chi connectivity index (χ2n) is 2.97. The van der Waals surface area contributed by atoms with E-state index in [1.165, 1.54) is 12.1 Å². The molecule has 0 aromatic heterocycles. The van der Waals surface area contributed by atoms with Crippen LogP contribution in [0.5, 0.6) is 0 Å². The van der Waals surface area contributed by atoms with Crippen LogP contribution in [0.2, 0.25) is 0 Å². The fourth-order valence-electron chi connectivity index (χ4n) is 1.09. The summed E-state index contributed by atoms with van der Waals surface area (Å²) in [7, 11) is 0. The zero-order valence-corrected chi connectivity index (χ0v) is 9.82. The standard InChI is InChI=1S/C10H8BrN3O2/c1-7(11)6-13-9-2-3-10(14(15)16)8(4-9)5-12/h2-4,13H,1,6H2. The quantitative estimate of drug-likeness (QED) is 0.680. The van der Waals surface area contributed by atoms with Crippen LogP contribution < -0.4 is 5.32 Å². The molecule has 0 atom stereocenters. The lowest BCUT2D eigenvalue weighted by atomic mass is 10.2. The molecule has 0 aliphatic heterocycles. The summed E-state index contributed by atoms with van der Waals surface area (Å²) in [5.41, 5.74) is 0.489. The summed E-state index contributed by atoms with van der Waals surface area (Å²) < 4.78 is 0.754. The number of rotatable bonds is 4. The lowest BCUT2D eigenvalue weighted by molar-refractivity contribution is -0.385. The number of nitriles is 1. The van der Waals surface area contributed by atoms with Crippen LogP contribution in [0.15, 0.2) is 29.3 Å². The molecule has 1 aromatic carbocycles. The minimum atomic E-state index is -0.578. The van der Waals surface area contributed by atoms with Crippen molar-refractivity contribution in [1.82, 2.24) is 0 Å². The fraction of sp³-hybridized carbons (Fsp3) is 0.100. The van der Waals surface area contributed by atoms with Crippen molar-refractivity contribution in [2.24, 2.45) is 0 Å². The molecule has 0 aliphatic carbocycles. The molecule has 0 spiro atoms. The minimum absolute atomic E-state index is 0.0372. The molecule has 1 N–H and O–H groups in total. The Morgan fingerprint density at radius 2 is 2.38 bits per heavy atom. The van der Waals surface area contributed by atoms with E-state index < -0.39 is 4.92 Å². The maximum atomic E-state index is 10.6. The van der Waals surface area contributed by atoms with Gasteiger partial charge in [-0.1, -0.05) is 22.5 Å². The number of halogens is 1. The average molecular weight is 282 g/mol. The monoisotopic (exact) mass is 281 g/mol. The third-order valence-electron chi connectivity index (χ3n) is 1.80. The summed E-state index contributed by atoms with van der Waals surface area (Å²) in [5.74, 6) is 0. The van der Waals surface area contributed by atoms with E-state index in [1.54, 1.807) is 12.1 Å². The number of hydrogen-bond donors (Lipinski definition) is 1. The first-order valence-corrected chi connectivity index (χ1v) is 5.09. The SMILES string of the molecule is C=C(Br)CNc1ccc([N+](=O)[O-])c(C#N)c1. The molecule has 0 aliphatic rings. The van der Waals surface area contributed by atoms with Gasteiger partial charge in [0.1, 0.15) is 11.6 Å². The van der Waals surface area contributed by atoms with E-state index in [9.17, 15) is 10.1 Å². The van der Waals surface area contributed by atoms with E-state index in [0.29, 0.717) is 12.2 Å². The zero-order chi connectivity index (χ0) is 12.1. The van der Waals surface area contributed by atoms with Crippen LogP contribution >= 0.6 is 15.9 Å². The van der Waals surface area contributed by atoms with Crippen molar-refractivity contribution in [3.63, 3.8) is 0 Å². The molecular weight excluding hydrogens is 274 g/mol. The third-order valence-corrected chi connectivity index (χ3v) is 2.08. The number of nitro benzene ring substituents is 1. The Morgan fingerprint density at radius 1 is 1.69 bits per heavy atom. The highest BCUT2D eigenvalue weighted by Crippen LogP contribution is 2.22. The van der Waals surface area contributed by atoms with Crippen molar-refractivity contribution in [3.05, 3.63) is 44.9 Å². The van der Waals surface area contributed by atoms with Gasteiger partial charge < -0.3 is 5.32 Å². The summed E-state index contributed by atoms with van der Waals surface area (Å²) in [6.07, 6.45) is 0. The van der Waals surface area contributed by atoms with Gasteiger partial charge in [0.05, 0.1) is 4.92 Å². The molecule has 0 bridgehead atoms. The van der Waals surface area contributed by atoms with Crippen molar-refractivity contribution in [1.29, 1.82) is 5.26 Å². The Morgan fingerprint density at radius 3 is 2.88 bits per heavy atom. The molecule has 5 nitrogen and oxygen atoms in total. The summed E-state index contributed by atoms with van der Waals surface area (Å²) in [6, 6.07) is 6.08. The Balaban J connectivity index is 2.96. The van der Waals surface area contributed by atoms with Gasteiger partial charge in [-0.15, -0.1) is 0 Å². The summed E-state index contributed by atoms with van der Waals surface area (Å²) in [4.78, 5) is 9.99. The molecule has 0 amide bonds. The van der Waals surface area contributed by atoms with Crippen LogP contribution in [-0.2, 0) is 0 Å². The summed E-state index contributed by atoms with van der Waals surface area (Å²) >= 11 is 3.17. The van der Waals surface area contributed by atoms with Gasteiger partial charge in [-0.2, -0.15) is 5.26 Å². The number of nitro groups is 1. The highest BCUT2D eigenvalue weighted by atomic mass is 79.9. The Hall–Kier alpha value is -1.87. The Labute approximate surface area is 101 Å². The molecule has 0 fully saturated rings. The van der Waals surface area contributed by atoms with Crippen molar-refractivity contribution < 1.29 is 4.92 Å². The van der Waals surface area contributed by atoms with E-state index >= 15 is 0 Å². The van der Waals surface area contributed by atoms with Crippen molar-refractivity contribution in [2.75, 3.05) is 11.9 Å². The van der Waals surface area contributed by atoms with E-state index in [-0.39, 0.29) is 11.3 Å². The number of nitrogens with zero attached hydrogens (tertiary/aromatic N) is 2. The second kappa shape index (κ2) is 5.28. The topological polar surface area (TPSA) is 79.0 Å². The summed E-state index contributed by atoms with van der Waals surface area (Å²) in [6.45, 7) is 4.13. The molecule has 16 heavy (non-hydrogen) atoms. The minimum Gasteiger partial charge on any atom is -0.380 e. The van der Waals surface area contributed by atoms with Gasteiger partial charge in [0.15, 0.2) is 0 Å². The predicted molar refractivity (Wildman–Crippen MR) is 64.4 cm³/mol. The largest absolute Gasteiger partial charge is 0.380 e. The maximum absolute atomic E-state index is 10.6. The molecule has 1 rings (SSSR count). The molecular formula is C10H8BrN3O2. The lowest BCUT2D eigenvalue weighted by Crippen LogP contribution is -2.01. The van der Waals surface area contributed by atoms with Gasteiger partial charge in [-0.05, 0) is 12.1 Å². The molecule has 1 aromatic rings. The van der Waals surface area contributed by atoms with E-state index in [1.807, 2.05) is 0 Å². The van der Waals surface area contributed by atoms with Crippen LogP contribution in [0.1, 0.15) is 5.56 Å². The van der Waals surface area contributed by atoms with Gasteiger partial charge in [-0.25, -0.2) is 0 Å². The first-order valence-electron chi connectivity index (χ1n) is 4.30. The molecule has 0 saturated heterocycles. The van der Waals surface area contributed by atoms with E-state index in [0.717, 1.165) is 4.48 Å². The van der Waals surface area contributed by atoms with Crippen LogP contribution in [0.25, 0.3) is 0 Å². The summed E-state index contributed by atoms with van der Waals surface area (Å²) in [5, 5.41) is 22.3. The molecule has 0 saturated carbocycles. The van der Waals surface area contributed by atoms with Gasteiger partial charge in [0, 0.05) is 22.8 Å². The predicted octanol–water partition coefficient (Wildman–Crippen LogP) is 2.79. The highest BCUT2D eigenvalue weighted by molar-refractivity contribution is 9.11. The van der Waals surface area contributed by atoms with Crippen molar-refractivity contribution in [2.45, 2.75) is 0 Å². The first-order chi connectivity index (χ1) is 7.54. The van der Waals surface area contributed by atoms with Crippen LogP contribution in [0.4, 0.5) is 11.4 Å². The molecule has 0 unspecified atom stereocenters. The number of benzene rings is 1. The Kier molecular flexibility index (Phi) is 4.03.